The summed E-state index contributed by atoms with van der Waals surface area (Å²) < 4.78 is 5.53. The normalized spacial score (nSPS) is 16.0. The van der Waals surface area contributed by atoms with E-state index in [1.165, 1.54) is 29.7 Å². The van der Waals surface area contributed by atoms with Crippen LogP contribution in [0.25, 0.3) is 6.08 Å². The molecule has 1 aliphatic rings. The highest BCUT2D eigenvalue weighted by Gasteiger charge is 2.21. The van der Waals surface area contributed by atoms with Crippen molar-refractivity contribution < 1.29 is 9.57 Å². The van der Waals surface area contributed by atoms with Crippen LogP contribution < -0.4 is 10.2 Å². The summed E-state index contributed by atoms with van der Waals surface area (Å²) in [5.74, 6) is 0.909. The molecule has 0 unspecified atom stereocenters. The van der Waals surface area contributed by atoms with E-state index in [-0.39, 0.29) is 0 Å². The summed E-state index contributed by atoms with van der Waals surface area (Å²) in [6.45, 7) is 12.8. The largest absolute Gasteiger partial charge is 0.496 e. The molecule has 0 aromatic heterocycles. The third-order valence-corrected chi connectivity index (χ3v) is 5.62. The van der Waals surface area contributed by atoms with Crippen LogP contribution in [0.1, 0.15) is 72.3 Å². The van der Waals surface area contributed by atoms with Gasteiger partial charge in [0.1, 0.15) is 5.75 Å². The minimum Gasteiger partial charge on any atom is -0.496 e. The fourth-order valence-corrected chi connectivity index (χ4v) is 4.05. The number of hydroxylamine groups is 1. The number of allylic oxidation sites excluding steroid dienone is 2. The van der Waals surface area contributed by atoms with Gasteiger partial charge in [-0.25, -0.2) is 0 Å². The minimum absolute atomic E-state index is 0.519. The number of hydrogen-bond donors (Lipinski definition) is 1. The van der Waals surface area contributed by atoms with Crippen LogP contribution in [0, 0.1) is 0 Å². The Bertz CT molecular complexity index is 684. The molecular formula is C25H40N2O2. The molecule has 0 heterocycles. The summed E-state index contributed by atoms with van der Waals surface area (Å²) in [7, 11) is 1.73. The topological polar surface area (TPSA) is 33.7 Å². The number of para-hydroxylation sites is 1. The molecule has 0 radical (unpaired) electrons. The average molecular weight is 401 g/mol. The Morgan fingerprint density at radius 2 is 1.83 bits per heavy atom. The lowest BCUT2D eigenvalue weighted by Gasteiger charge is -2.30. The van der Waals surface area contributed by atoms with Crippen LogP contribution in [0.4, 0.5) is 0 Å². The highest BCUT2D eigenvalue weighted by molar-refractivity contribution is 5.65. The average Bonchev–Trinajstić information content (AvgIpc) is 3.07. The number of rotatable bonds is 12. The van der Waals surface area contributed by atoms with Crippen molar-refractivity contribution in [3.8, 4) is 5.75 Å². The molecule has 1 aromatic rings. The number of ether oxygens (including phenoxy) is 1. The van der Waals surface area contributed by atoms with Crippen molar-refractivity contribution in [3.05, 3.63) is 46.7 Å². The maximum absolute atomic E-state index is 5.96. The first kappa shape index (κ1) is 23.5. The molecule has 0 saturated carbocycles. The molecule has 0 fully saturated rings. The van der Waals surface area contributed by atoms with E-state index in [1.54, 1.807) is 7.11 Å². The van der Waals surface area contributed by atoms with Gasteiger partial charge in [-0.15, -0.1) is 0 Å². The molecule has 1 aliphatic carbocycles. The Labute approximate surface area is 177 Å². The van der Waals surface area contributed by atoms with Crippen LogP contribution in [-0.4, -0.2) is 37.2 Å². The number of hydrogen-bond acceptors (Lipinski definition) is 4. The van der Waals surface area contributed by atoms with Crippen LogP contribution in [0.15, 0.2) is 41.1 Å². The lowest BCUT2D eigenvalue weighted by Crippen LogP contribution is -2.40. The SMILES string of the molecule is CCCCC1=C(NOCCN(C(C)C)C(C)C)C(=Cc2ccccc2OC)CC1. The predicted octanol–water partition coefficient (Wildman–Crippen LogP) is 5.96. The van der Waals surface area contributed by atoms with Gasteiger partial charge in [-0.2, -0.15) is 0 Å². The second kappa shape index (κ2) is 12.0. The van der Waals surface area contributed by atoms with Gasteiger partial charge in [-0.05, 0) is 76.7 Å². The van der Waals surface area contributed by atoms with E-state index in [4.69, 9.17) is 9.57 Å². The minimum atomic E-state index is 0.519. The zero-order valence-corrected chi connectivity index (χ0v) is 19.3. The molecule has 1 aromatic carbocycles. The van der Waals surface area contributed by atoms with Gasteiger partial charge in [-0.1, -0.05) is 31.5 Å². The molecule has 2 rings (SSSR count). The zero-order chi connectivity index (χ0) is 21.2. The first-order chi connectivity index (χ1) is 14.0. The van der Waals surface area contributed by atoms with Crippen LogP contribution >= 0.6 is 0 Å². The van der Waals surface area contributed by atoms with E-state index in [0.29, 0.717) is 18.7 Å². The second-order valence-electron chi connectivity index (χ2n) is 8.37. The molecule has 162 valence electrons. The van der Waals surface area contributed by atoms with Crippen LogP contribution in [-0.2, 0) is 4.84 Å². The number of methoxy groups -OCH3 is 1. The molecule has 1 N–H and O–H groups in total. The monoisotopic (exact) mass is 400 g/mol. The van der Waals surface area contributed by atoms with Crippen molar-refractivity contribution in [2.45, 2.75) is 78.8 Å². The zero-order valence-electron chi connectivity index (χ0n) is 19.3. The van der Waals surface area contributed by atoms with E-state index in [9.17, 15) is 0 Å². The number of benzene rings is 1. The third kappa shape index (κ3) is 6.90. The molecule has 0 aliphatic heterocycles. The van der Waals surface area contributed by atoms with Crippen LogP contribution in [0.3, 0.4) is 0 Å². The first-order valence-electron chi connectivity index (χ1n) is 11.2. The van der Waals surface area contributed by atoms with Gasteiger partial charge in [-0.3, -0.25) is 15.2 Å². The molecular weight excluding hydrogens is 360 g/mol. The van der Waals surface area contributed by atoms with Crippen molar-refractivity contribution in [3.63, 3.8) is 0 Å². The van der Waals surface area contributed by atoms with E-state index >= 15 is 0 Å². The van der Waals surface area contributed by atoms with Gasteiger partial charge < -0.3 is 4.74 Å². The van der Waals surface area contributed by atoms with E-state index in [0.717, 1.165) is 37.1 Å². The Hall–Kier alpha value is -1.78. The number of unbranched alkanes of at least 4 members (excludes halogenated alkanes) is 1. The summed E-state index contributed by atoms with van der Waals surface area (Å²) in [5.41, 5.74) is 8.42. The summed E-state index contributed by atoms with van der Waals surface area (Å²) in [6, 6.07) is 9.23. The number of nitrogens with one attached hydrogen (secondary N) is 1. The van der Waals surface area contributed by atoms with Gasteiger partial charge in [0.2, 0.25) is 0 Å². The Kier molecular flexibility index (Phi) is 9.75. The quantitative estimate of drug-likeness (QED) is 0.347. The molecule has 0 spiro atoms. The van der Waals surface area contributed by atoms with Crippen molar-refractivity contribution >= 4 is 6.08 Å². The predicted molar refractivity (Wildman–Crippen MR) is 123 cm³/mol. The molecule has 0 amide bonds. The molecule has 0 atom stereocenters. The Morgan fingerprint density at radius 1 is 1.10 bits per heavy atom. The van der Waals surface area contributed by atoms with Gasteiger partial charge in [0.05, 0.1) is 19.4 Å². The van der Waals surface area contributed by atoms with Gasteiger partial charge in [0.15, 0.2) is 0 Å². The summed E-state index contributed by atoms with van der Waals surface area (Å²) in [6.07, 6.45) is 7.97. The lowest BCUT2D eigenvalue weighted by molar-refractivity contribution is 0.0320. The molecule has 0 saturated heterocycles. The highest BCUT2D eigenvalue weighted by Crippen LogP contribution is 2.35. The van der Waals surface area contributed by atoms with Crippen LogP contribution in [0.2, 0.25) is 0 Å². The first-order valence-corrected chi connectivity index (χ1v) is 11.2. The maximum atomic E-state index is 5.96. The van der Waals surface area contributed by atoms with E-state index in [2.05, 4.69) is 63.2 Å². The fraction of sp³-hybridized carbons (Fsp3) is 0.600. The van der Waals surface area contributed by atoms with Gasteiger partial charge in [0.25, 0.3) is 0 Å². The molecule has 4 heteroatoms. The van der Waals surface area contributed by atoms with E-state index < -0.39 is 0 Å². The number of nitrogens with zero attached hydrogens (tertiary/aromatic N) is 1. The van der Waals surface area contributed by atoms with Gasteiger partial charge >= 0.3 is 0 Å². The standard InChI is InChI=1S/C25H40N2O2/c1-7-8-11-21-14-15-23(18-22-12-9-10-13-24(22)28-6)25(21)26-29-17-16-27(19(2)3)20(4)5/h9-10,12-13,18-20,26H,7-8,11,14-17H2,1-6H3. The van der Waals surface area contributed by atoms with E-state index in [1.807, 2.05) is 12.1 Å². The van der Waals surface area contributed by atoms with Crippen molar-refractivity contribution in [1.29, 1.82) is 0 Å². The maximum Gasteiger partial charge on any atom is 0.126 e. The third-order valence-electron chi connectivity index (χ3n) is 5.62. The smallest absolute Gasteiger partial charge is 0.126 e. The van der Waals surface area contributed by atoms with Crippen LogP contribution in [0.5, 0.6) is 5.75 Å². The molecule has 29 heavy (non-hydrogen) atoms. The Balaban J connectivity index is 2.10. The lowest BCUT2D eigenvalue weighted by atomic mass is 10.1. The molecule has 0 bridgehead atoms. The summed E-state index contributed by atoms with van der Waals surface area (Å²) >= 11 is 0. The second-order valence-corrected chi connectivity index (χ2v) is 8.37. The summed E-state index contributed by atoms with van der Waals surface area (Å²) in [5, 5.41) is 0. The van der Waals surface area contributed by atoms with Crippen molar-refractivity contribution in [1.82, 2.24) is 10.4 Å². The molecule has 4 nitrogen and oxygen atoms in total. The fourth-order valence-electron chi connectivity index (χ4n) is 4.05. The van der Waals surface area contributed by atoms with Gasteiger partial charge in [0, 0.05) is 24.2 Å². The Morgan fingerprint density at radius 3 is 2.48 bits per heavy atom. The van der Waals surface area contributed by atoms with Crippen molar-refractivity contribution in [2.75, 3.05) is 20.3 Å². The summed E-state index contributed by atoms with van der Waals surface area (Å²) in [4.78, 5) is 8.41. The van der Waals surface area contributed by atoms with Crippen molar-refractivity contribution in [2.24, 2.45) is 0 Å². The highest BCUT2D eigenvalue weighted by atomic mass is 16.6.